The molecule has 0 spiro atoms. The number of aromatic carboxylic acids is 1. The highest BCUT2D eigenvalue weighted by atomic mass is 79.9. The summed E-state index contributed by atoms with van der Waals surface area (Å²) in [6.07, 6.45) is 0. The van der Waals surface area contributed by atoms with Crippen molar-refractivity contribution < 1.29 is 14.6 Å². The Bertz CT molecular complexity index is 659. The Labute approximate surface area is 124 Å². The largest absolute Gasteiger partial charge is 0.497 e. The van der Waals surface area contributed by atoms with E-state index in [9.17, 15) is 4.79 Å². The van der Waals surface area contributed by atoms with Gasteiger partial charge in [-0.2, -0.15) is 0 Å². The number of rotatable bonds is 4. The summed E-state index contributed by atoms with van der Waals surface area (Å²) in [6, 6.07) is 10.3. The number of halogens is 1. The highest BCUT2D eigenvalue weighted by molar-refractivity contribution is 9.10. The van der Waals surface area contributed by atoms with E-state index >= 15 is 0 Å². The van der Waals surface area contributed by atoms with Crippen molar-refractivity contribution in [3.63, 3.8) is 0 Å². The highest BCUT2D eigenvalue weighted by Crippen LogP contribution is 2.28. The smallest absolute Gasteiger partial charge is 0.337 e. The number of methoxy groups -OCH3 is 1. The van der Waals surface area contributed by atoms with Crippen LogP contribution in [0.2, 0.25) is 0 Å². The van der Waals surface area contributed by atoms with Crippen LogP contribution in [0.1, 0.15) is 10.4 Å². The Morgan fingerprint density at radius 1 is 1.25 bits per heavy atom. The standard InChI is InChI=1S/C14H13BrN2O3/c1-20-11-5-8(15)4-10(6-11)17-9-2-3-13(16)12(7-9)14(18)19/h2-7,17H,16H2,1H3,(H,18,19). The first kappa shape index (κ1) is 14.2. The minimum absolute atomic E-state index is 0.0666. The van der Waals surface area contributed by atoms with Crippen LogP contribution >= 0.6 is 15.9 Å². The number of ether oxygens (including phenoxy) is 1. The number of nitrogens with two attached hydrogens (primary N) is 1. The quantitative estimate of drug-likeness (QED) is 0.744. The van der Waals surface area contributed by atoms with Crippen LogP contribution in [-0.2, 0) is 0 Å². The Hall–Kier alpha value is -2.21. The predicted octanol–water partition coefficient (Wildman–Crippen LogP) is 3.48. The van der Waals surface area contributed by atoms with Gasteiger partial charge in [0.05, 0.1) is 12.7 Å². The number of benzene rings is 2. The van der Waals surface area contributed by atoms with Crippen molar-refractivity contribution in [1.82, 2.24) is 0 Å². The molecule has 0 aromatic heterocycles. The number of hydrogen-bond donors (Lipinski definition) is 3. The van der Waals surface area contributed by atoms with Gasteiger partial charge >= 0.3 is 5.97 Å². The maximum absolute atomic E-state index is 11.0. The lowest BCUT2D eigenvalue weighted by Crippen LogP contribution is -2.03. The molecule has 4 N–H and O–H groups in total. The third-order valence-corrected chi connectivity index (χ3v) is 3.14. The molecule has 0 saturated carbocycles. The van der Waals surface area contributed by atoms with Crippen LogP contribution in [0.15, 0.2) is 40.9 Å². The molecule has 6 heteroatoms. The topological polar surface area (TPSA) is 84.6 Å². The van der Waals surface area contributed by atoms with Gasteiger partial charge in [0.25, 0.3) is 0 Å². The number of nitrogen functional groups attached to an aromatic ring is 1. The third-order valence-electron chi connectivity index (χ3n) is 2.68. The summed E-state index contributed by atoms with van der Waals surface area (Å²) >= 11 is 3.38. The number of carboxylic acids is 1. The van der Waals surface area contributed by atoms with E-state index in [1.165, 1.54) is 6.07 Å². The van der Waals surface area contributed by atoms with E-state index in [1.807, 2.05) is 18.2 Å². The van der Waals surface area contributed by atoms with Gasteiger partial charge in [-0.25, -0.2) is 4.79 Å². The van der Waals surface area contributed by atoms with E-state index in [4.69, 9.17) is 15.6 Å². The van der Waals surface area contributed by atoms with Crippen molar-refractivity contribution in [2.24, 2.45) is 0 Å². The molecule has 0 fully saturated rings. The van der Waals surface area contributed by atoms with Gasteiger partial charge in [-0.3, -0.25) is 0 Å². The van der Waals surface area contributed by atoms with E-state index in [0.717, 1.165) is 10.2 Å². The molecule has 104 valence electrons. The molecule has 0 bridgehead atoms. The third kappa shape index (κ3) is 3.21. The van der Waals surface area contributed by atoms with Crippen LogP contribution < -0.4 is 15.8 Å². The number of nitrogens with one attached hydrogen (secondary N) is 1. The number of carbonyl (C=O) groups is 1. The average Bonchev–Trinajstić information content (AvgIpc) is 2.40. The van der Waals surface area contributed by atoms with Crippen molar-refractivity contribution in [3.8, 4) is 5.75 Å². The van der Waals surface area contributed by atoms with Gasteiger partial charge in [0.2, 0.25) is 0 Å². The van der Waals surface area contributed by atoms with Crippen molar-refractivity contribution >= 4 is 39.0 Å². The monoisotopic (exact) mass is 336 g/mol. The molecule has 2 aromatic carbocycles. The average molecular weight is 337 g/mol. The van der Waals surface area contributed by atoms with Crippen molar-refractivity contribution in [2.75, 3.05) is 18.2 Å². The molecule has 0 saturated heterocycles. The fraction of sp³-hybridized carbons (Fsp3) is 0.0714. The zero-order chi connectivity index (χ0) is 14.7. The minimum Gasteiger partial charge on any atom is -0.497 e. The summed E-state index contributed by atoms with van der Waals surface area (Å²) in [7, 11) is 1.58. The molecule has 2 aromatic rings. The first-order chi connectivity index (χ1) is 9.49. The SMILES string of the molecule is COc1cc(Br)cc(Nc2ccc(N)c(C(=O)O)c2)c1. The Kier molecular flexibility index (Phi) is 4.14. The Balaban J connectivity index is 2.32. The van der Waals surface area contributed by atoms with E-state index in [-0.39, 0.29) is 11.3 Å². The molecule has 0 aliphatic rings. The first-order valence-electron chi connectivity index (χ1n) is 5.74. The van der Waals surface area contributed by atoms with Crippen LogP contribution in [0.5, 0.6) is 5.75 Å². The van der Waals surface area contributed by atoms with Crippen LogP contribution in [0.4, 0.5) is 17.1 Å². The normalized spacial score (nSPS) is 10.1. The molecule has 0 amide bonds. The van der Waals surface area contributed by atoms with Crippen LogP contribution in [-0.4, -0.2) is 18.2 Å². The molecule has 0 atom stereocenters. The van der Waals surface area contributed by atoms with E-state index in [1.54, 1.807) is 19.2 Å². The fourth-order valence-electron chi connectivity index (χ4n) is 1.74. The fourth-order valence-corrected chi connectivity index (χ4v) is 2.21. The summed E-state index contributed by atoms with van der Waals surface area (Å²) in [5.41, 5.74) is 7.33. The zero-order valence-corrected chi connectivity index (χ0v) is 12.3. The summed E-state index contributed by atoms with van der Waals surface area (Å²) in [5.74, 6) is -0.367. The van der Waals surface area contributed by atoms with Crippen molar-refractivity contribution in [3.05, 3.63) is 46.4 Å². The molecule has 0 unspecified atom stereocenters. The second kappa shape index (κ2) is 5.83. The summed E-state index contributed by atoms with van der Waals surface area (Å²) < 4.78 is 6.03. The maximum atomic E-state index is 11.0. The summed E-state index contributed by atoms with van der Waals surface area (Å²) in [5, 5.41) is 12.2. The summed E-state index contributed by atoms with van der Waals surface area (Å²) in [4.78, 5) is 11.0. The van der Waals surface area contributed by atoms with Crippen LogP contribution in [0.3, 0.4) is 0 Å². The lowest BCUT2D eigenvalue weighted by Gasteiger charge is -2.10. The maximum Gasteiger partial charge on any atom is 0.337 e. The lowest BCUT2D eigenvalue weighted by atomic mass is 10.1. The second-order valence-corrected chi connectivity index (χ2v) is 5.03. The molecule has 5 nitrogen and oxygen atoms in total. The van der Waals surface area contributed by atoms with Gasteiger partial charge < -0.3 is 20.9 Å². The summed E-state index contributed by atoms with van der Waals surface area (Å²) in [6.45, 7) is 0. The van der Waals surface area contributed by atoms with E-state index in [0.29, 0.717) is 11.4 Å². The van der Waals surface area contributed by atoms with Crippen LogP contribution in [0.25, 0.3) is 0 Å². The number of carboxylic acid groups (broad SMARTS) is 1. The molecule has 2 rings (SSSR count). The molecule has 0 aliphatic carbocycles. The number of hydrogen-bond acceptors (Lipinski definition) is 4. The number of anilines is 3. The van der Waals surface area contributed by atoms with Crippen molar-refractivity contribution in [2.45, 2.75) is 0 Å². The molecular weight excluding hydrogens is 324 g/mol. The van der Waals surface area contributed by atoms with Crippen molar-refractivity contribution in [1.29, 1.82) is 0 Å². The second-order valence-electron chi connectivity index (χ2n) is 4.11. The highest BCUT2D eigenvalue weighted by Gasteiger charge is 2.09. The predicted molar refractivity (Wildman–Crippen MR) is 81.8 cm³/mol. The first-order valence-corrected chi connectivity index (χ1v) is 6.53. The van der Waals surface area contributed by atoms with E-state index < -0.39 is 5.97 Å². The molecule has 20 heavy (non-hydrogen) atoms. The molecule has 0 aliphatic heterocycles. The van der Waals surface area contributed by atoms with Gasteiger partial charge in [-0.15, -0.1) is 0 Å². The van der Waals surface area contributed by atoms with E-state index in [2.05, 4.69) is 21.2 Å². The van der Waals surface area contributed by atoms with Gasteiger partial charge in [0.1, 0.15) is 5.75 Å². The van der Waals surface area contributed by atoms with Crippen LogP contribution in [0, 0.1) is 0 Å². The van der Waals surface area contributed by atoms with Gasteiger partial charge in [-0.05, 0) is 30.3 Å². The molecule has 0 radical (unpaired) electrons. The molecule has 0 heterocycles. The molecular formula is C14H13BrN2O3. The lowest BCUT2D eigenvalue weighted by molar-refractivity contribution is 0.0698. The zero-order valence-electron chi connectivity index (χ0n) is 10.7. The van der Waals surface area contributed by atoms with Gasteiger partial charge in [0, 0.05) is 27.6 Å². The minimum atomic E-state index is -1.06. The Morgan fingerprint density at radius 2 is 2.00 bits per heavy atom. The Morgan fingerprint density at radius 3 is 2.65 bits per heavy atom. The van der Waals surface area contributed by atoms with Gasteiger partial charge in [-0.1, -0.05) is 15.9 Å². The van der Waals surface area contributed by atoms with Gasteiger partial charge in [0.15, 0.2) is 0 Å².